The minimum atomic E-state index is 0.302. The summed E-state index contributed by atoms with van der Waals surface area (Å²) in [7, 11) is 0. The third kappa shape index (κ3) is 2.03. The van der Waals surface area contributed by atoms with Crippen LogP contribution in [0.2, 0.25) is 0 Å². The minimum Gasteiger partial charge on any atom is -0.508 e. The van der Waals surface area contributed by atoms with E-state index in [-0.39, 0.29) is 0 Å². The second-order valence-corrected chi connectivity index (χ2v) is 2.90. The highest BCUT2D eigenvalue weighted by Crippen LogP contribution is 2.21. The van der Waals surface area contributed by atoms with E-state index in [1.807, 2.05) is 12.1 Å². The van der Waals surface area contributed by atoms with Gasteiger partial charge in [-0.15, -0.1) is 12.3 Å². The molecule has 1 heteroatoms. The summed E-state index contributed by atoms with van der Waals surface area (Å²) in [5.41, 5.74) is 1.09. The van der Waals surface area contributed by atoms with Gasteiger partial charge in [-0.1, -0.05) is 19.1 Å². The fraction of sp³-hybridized carbons (Fsp3) is 0.273. The van der Waals surface area contributed by atoms with E-state index in [9.17, 15) is 5.11 Å². The van der Waals surface area contributed by atoms with Crippen LogP contribution in [0.1, 0.15) is 24.8 Å². The van der Waals surface area contributed by atoms with Crippen LogP contribution < -0.4 is 0 Å². The van der Waals surface area contributed by atoms with E-state index < -0.39 is 0 Å². The Kier molecular flexibility index (Phi) is 2.76. The van der Waals surface area contributed by atoms with Crippen LogP contribution in [0.5, 0.6) is 5.75 Å². The maximum absolute atomic E-state index is 9.18. The molecule has 1 unspecified atom stereocenters. The molecule has 1 rings (SSSR count). The van der Waals surface area contributed by atoms with Crippen molar-refractivity contribution in [3.63, 3.8) is 0 Å². The van der Waals surface area contributed by atoms with E-state index in [0.29, 0.717) is 18.1 Å². The van der Waals surface area contributed by atoms with E-state index in [0.717, 1.165) is 5.56 Å². The molecule has 0 aliphatic carbocycles. The van der Waals surface area contributed by atoms with Crippen LogP contribution in [0.4, 0.5) is 0 Å². The lowest BCUT2D eigenvalue weighted by atomic mass is 9.98. The molecule has 1 aromatic rings. The lowest BCUT2D eigenvalue weighted by Gasteiger charge is -2.07. The van der Waals surface area contributed by atoms with Crippen molar-refractivity contribution < 1.29 is 5.11 Å². The van der Waals surface area contributed by atoms with Gasteiger partial charge in [0.15, 0.2) is 0 Å². The summed E-state index contributed by atoms with van der Waals surface area (Å²) in [5, 5.41) is 9.18. The molecule has 0 fully saturated rings. The third-order valence-corrected chi connectivity index (χ3v) is 1.86. The monoisotopic (exact) mass is 160 g/mol. The number of benzene rings is 1. The Bertz CT molecular complexity index is 296. The molecule has 0 bridgehead atoms. The summed E-state index contributed by atoms with van der Waals surface area (Å²) in [6.07, 6.45) is 5.90. The number of rotatable bonds is 2. The molecule has 0 saturated heterocycles. The third-order valence-electron chi connectivity index (χ3n) is 1.86. The molecular formula is C11H12O. The second kappa shape index (κ2) is 3.82. The van der Waals surface area contributed by atoms with Gasteiger partial charge in [0.1, 0.15) is 5.75 Å². The van der Waals surface area contributed by atoms with Crippen LogP contribution >= 0.6 is 0 Å². The first-order chi connectivity index (χ1) is 5.74. The van der Waals surface area contributed by atoms with Crippen LogP contribution in [-0.2, 0) is 0 Å². The van der Waals surface area contributed by atoms with Gasteiger partial charge >= 0.3 is 0 Å². The van der Waals surface area contributed by atoms with Crippen LogP contribution in [0.3, 0.4) is 0 Å². The predicted octanol–water partition coefficient (Wildman–Crippen LogP) is 2.52. The number of hydrogen-bond acceptors (Lipinski definition) is 1. The van der Waals surface area contributed by atoms with Crippen LogP contribution in [0.15, 0.2) is 24.3 Å². The quantitative estimate of drug-likeness (QED) is 0.659. The van der Waals surface area contributed by atoms with E-state index in [1.54, 1.807) is 12.1 Å². The zero-order chi connectivity index (χ0) is 8.97. The van der Waals surface area contributed by atoms with Crippen LogP contribution in [0, 0.1) is 12.3 Å². The highest BCUT2D eigenvalue weighted by atomic mass is 16.3. The zero-order valence-electron chi connectivity index (χ0n) is 7.12. The highest BCUT2D eigenvalue weighted by Gasteiger charge is 2.03. The van der Waals surface area contributed by atoms with Gasteiger partial charge in [0, 0.05) is 6.42 Å². The summed E-state index contributed by atoms with van der Waals surface area (Å²) in [6, 6.07) is 7.22. The van der Waals surface area contributed by atoms with E-state index in [1.165, 1.54) is 0 Å². The first kappa shape index (κ1) is 8.67. The fourth-order valence-corrected chi connectivity index (χ4v) is 1.13. The maximum atomic E-state index is 9.18. The van der Waals surface area contributed by atoms with Crippen LogP contribution in [0.25, 0.3) is 0 Å². The molecule has 1 N–H and O–H groups in total. The Morgan fingerprint density at radius 3 is 2.92 bits per heavy atom. The molecule has 1 atom stereocenters. The van der Waals surface area contributed by atoms with Crippen molar-refractivity contribution in [1.29, 1.82) is 0 Å². The lowest BCUT2D eigenvalue weighted by molar-refractivity contribution is 0.474. The average molecular weight is 160 g/mol. The van der Waals surface area contributed by atoms with Crippen molar-refractivity contribution in [3.8, 4) is 18.1 Å². The SMILES string of the molecule is C#CCC(C)c1cccc(O)c1. The van der Waals surface area contributed by atoms with Gasteiger partial charge in [-0.2, -0.15) is 0 Å². The Balaban J connectivity index is 2.82. The molecule has 62 valence electrons. The summed E-state index contributed by atoms with van der Waals surface area (Å²) >= 11 is 0. The number of hydrogen-bond donors (Lipinski definition) is 1. The minimum absolute atomic E-state index is 0.302. The van der Waals surface area contributed by atoms with Gasteiger partial charge in [0.25, 0.3) is 0 Å². The molecule has 0 radical (unpaired) electrons. The van der Waals surface area contributed by atoms with Gasteiger partial charge < -0.3 is 5.11 Å². The molecule has 1 nitrogen and oxygen atoms in total. The normalized spacial score (nSPS) is 12.0. The fourth-order valence-electron chi connectivity index (χ4n) is 1.13. The topological polar surface area (TPSA) is 20.2 Å². The molecule has 0 heterocycles. The molecule has 0 amide bonds. The molecular weight excluding hydrogens is 148 g/mol. The molecule has 1 aromatic carbocycles. The van der Waals surface area contributed by atoms with Crippen molar-refractivity contribution in [2.24, 2.45) is 0 Å². The van der Waals surface area contributed by atoms with Crippen LogP contribution in [-0.4, -0.2) is 5.11 Å². The number of aromatic hydroxyl groups is 1. The molecule has 0 aliphatic heterocycles. The van der Waals surface area contributed by atoms with E-state index in [2.05, 4.69) is 12.8 Å². The molecule has 0 saturated carbocycles. The first-order valence-corrected chi connectivity index (χ1v) is 3.96. The van der Waals surface area contributed by atoms with Gasteiger partial charge in [-0.3, -0.25) is 0 Å². The maximum Gasteiger partial charge on any atom is 0.115 e. The Labute approximate surface area is 73.0 Å². The average Bonchev–Trinajstić information content (AvgIpc) is 2.05. The predicted molar refractivity (Wildman–Crippen MR) is 50.0 cm³/mol. The standard InChI is InChI=1S/C11H12O/c1-3-5-9(2)10-6-4-7-11(12)8-10/h1,4,6-9,12H,5H2,2H3. The molecule has 12 heavy (non-hydrogen) atoms. The zero-order valence-corrected chi connectivity index (χ0v) is 7.12. The summed E-state index contributed by atoms with van der Waals surface area (Å²) in [5.74, 6) is 3.23. The Hall–Kier alpha value is -1.42. The van der Waals surface area contributed by atoms with Crippen molar-refractivity contribution in [2.45, 2.75) is 19.3 Å². The summed E-state index contributed by atoms with van der Waals surface area (Å²) in [4.78, 5) is 0. The van der Waals surface area contributed by atoms with E-state index >= 15 is 0 Å². The van der Waals surface area contributed by atoms with Crippen molar-refractivity contribution in [1.82, 2.24) is 0 Å². The number of phenols is 1. The number of terminal acetylenes is 1. The lowest BCUT2D eigenvalue weighted by Crippen LogP contribution is -1.90. The Morgan fingerprint density at radius 1 is 1.58 bits per heavy atom. The van der Waals surface area contributed by atoms with Crippen molar-refractivity contribution in [3.05, 3.63) is 29.8 Å². The molecule has 0 spiro atoms. The van der Waals surface area contributed by atoms with Crippen molar-refractivity contribution in [2.75, 3.05) is 0 Å². The van der Waals surface area contributed by atoms with Gasteiger partial charge in [0.2, 0.25) is 0 Å². The highest BCUT2D eigenvalue weighted by molar-refractivity contribution is 5.29. The number of phenolic OH excluding ortho intramolecular Hbond substituents is 1. The second-order valence-electron chi connectivity index (χ2n) is 2.90. The molecule has 0 aliphatic rings. The van der Waals surface area contributed by atoms with Gasteiger partial charge in [0.05, 0.1) is 0 Å². The van der Waals surface area contributed by atoms with Crippen molar-refractivity contribution >= 4 is 0 Å². The smallest absolute Gasteiger partial charge is 0.115 e. The largest absolute Gasteiger partial charge is 0.508 e. The van der Waals surface area contributed by atoms with E-state index in [4.69, 9.17) is 6.42 Å². The first-order valence-electron chi connectivity index (χ1n) is 3.96. The van der Waals surface area contributed by atoms with Gasteiger partial charge in [-0.05, 0) is 23.6 Å². The van der Waals surface area contributed by atoms with Gasteiger partial charge in [-0.25, -0.2) is 0 Å². The summed E-state index contributed by atoms with van der Waals surface area (Å²) in [6.45, 7) is 2.05. The molecule has 0 aromatic heterocycles. The summed E-state index contributed by atoms with van der Waals surface area (Å²) < 4.78 is 0. The Morgan fingerprint density at radius 2 is 2.33 bits per heavy atom.